The number of carbonyl (C=O) groups is 1. The van der Waals surface area contributed by atoms with Crippen LogP contribution in [-0.2, 0) is 4.74 Å². The van der Waals surface area contributed by atoms with Gasteiger partial charge in [0.2, 0.25) is 0 Å². The summed E-state index contributed by atoms with van der Waals surface area (Å²) in [5, 5.41) is 1.05. The number of hydrogen-bond acceptors (Lipinski definition) is 2. The fraction of sp³-hybridized carbons (Fsp3) is 0.500. The van der Waals surface area contributed by atoms with Crippen molar-refractivity contribution < 1.29 is 9.53 Å². The van der Waals surface area contributed by atoms with Crippen molar-refractivity contribution in [3.63, 3.8) is 0 Å². The number of benzene rings is 1. The minimum Gasteiger partial charge on any atom is -0.383 e. The molecular weight excluding hydrogens is 285 g/mol. The average molecular weight is 302 g/mol. The zero-order valence-corrected chi connectivity index (χ0v) is 12.6. The lowest BCUT2D eigenvalue weighted by Crippen LogP contribution is -2.38. The molecule has 0 aromatic heterocycles. The van der Waals surface area contributed by atoms with Gasteiger partial charge in [-0.15, -0.1) is 0 Å². The van der Waals surface area contributed by atoms with E-state index >= 15 is 0 Å². The molecule has 1 saturated heterocycles. The van der Waals surface area contributed by atoms with Gasteiger partial charge in [-0.2, -0.15) is 0 Å². The Kier molecular flexibility index (Phi) is 4.71. The Morgan fingerprint density at radius 2 is 2.05 bits per heavy atom. The summed E-state index contributed by atoms with van der Waals surface area (Å²) in [5.41, 5.74) is 1.35. The fourth-order valence-corrected chi connectivity index (χ4v) is 2.89. The molecule has 0 N–H and O–H groups in total. The first-order chi connectivity index (χ1) is 9.04. The van der Waals surface area contributed by atoms with E-state index in [1.54, 1.807) is 19.2 Å². The number of carbonyl (C=O) groups excluding carboxylic acids is 1. The molecule has 5 heteroatoms. The first-order valence-corrected chi connectivity index (χ1v) is 7.05. The number of ether oxygens (including phenoxy) is 1. The van der Waals surface area contributed by atoms with Gasteiger partial charge in [0, 0.05) is 29.3 Å². The number of halogens is 2. The lowest BCUT2D eigenvalue weighted by molar-refractivity contribution is 0.0630. The Morgan fingerprint density at radius 1 is 1.42 bits per heavy atom. The van der Waals surface area contributed by atoms with E-state index in [-0.39, 0.29) is 11.9 Å². The van der Waals surface area contributed by atoms with Gasteiger partial charge in [0.05, 0.1) is 12.6 Å². The lowest BCUT2D eigenvalue weighted by atomic mass is 10.1. The summed E-state index contributed by atoms with van der Waals surface area (Å²) in [4.78, 5) is 14.3. The van der Waals surface area contributed by atoms with Crippen molar-refractivity contribution in [2.45, 2.75) is 25.8 Å². The number of nitrogens with zero attached hydrogens (tertiary/aromatic N) is 1. The number of likely N-dealkylation sites (tertiary alicyclic amines) is 1. The number of methoxy groups -OCH3 is 1. The Morgan fingerprint density at radius 3 is 2.63 bits per heavy atom. The second-order valence-corrected chi connectivity index (χ2v) is 5.63. The van der Waals surface area contributed by atoms with Crippen molar-refractivity contribution >= 4 is 29.1 Å². The Hall–Kier alpha value is -0.770. The molecule has 1 heterocycles. The molecule has 3 nitrogen and oxygen atoms in total. The highest BCUT2D eigenvalue weighted by atomic mass is 35.5. The van der Waals surface area contributed by atoms with Crippen molar-refractivity contribution in [3.05, 3.63) is 33.3 Å². The molecule has 1 atom stereocenters. The van der Waals surface area contributed by atoms with E-state index < -0.39 is 0 Å². The van der Waals surface area contributed by atoms with E-state index in [4.69, 9.17) is 27.9 Å². The Bertz CT molecular complexity index is 467. The maximum Gasteiger partial charge on any atom is 0.254 e. The molecule has 1 fully saturated rings. The molecular formula is C14H17Cl2NO2. The third kappa shape index (κ3) is 3.04. The predicted molar refractivity (Wildman–Crippen MR) is 77.1 cm³/mol. The van der Waals surface area contributed by atoms with Gasteiger partial charge in [-0.3, -0.25) is 4.79 Å². The van der Waals surface area contributed by atoms with E-state index in [2.05, 4.69) is 0 Å². The quantitative estimate of drug-likeness (QED) is 0.854. The van der Waals surface area contributed by atoms with E-state index in [1.165, 1.54) is 0 Å². The van der Waals surface area contributed by atoms with Crippen molar-refractivity contribution in [3.8, 4) is 0 Å². The van der Waals surface area contributed by atoms with Crippen LogP contribution < -0.4 is 0 Å². The normalized spacial score (nSPS) is 18.9. The van der Waals surface area contributed by atoms with Gasteiger partial charge >= 0.3 is 0 Å². The highest BCUT2D eigenvalue weighted by molar-refractivity contribution is 6.36. The van der Waals surface area contributed by atoms with Gasteiger partial charge in [0.15, 0.2) is 0 Å². The molecule has 0 aliphatic carbocycles. The van der Waals surface area contributed by atoms with Crippen LogP contribution in [0, 0.1) is 6.92 Å². The van der Waals surface area contributed by atoms with Crippen LogP contribution in [0.4, 0.5) is 0 Å². The van der Waals surface area contributed by atoms with E-state index in [1.807, 2.05) is 11.8 Å². The standard InChI is InChI=1S/C14H17Cl2NO2/c1-9-12(15)6-10(7-13(9)16)14(18)17-5-3-4-11(17)8-19-2/h6-7,11H,3-5,8H2,1-2H3. The molecule has 0 spiro atoms. The van der Waals surface area contributed by atoms with Crippen LogP contribution in [0.25, 0.3) is 0 Å². The maximum atomic E-state index is 12.5. The van der Waals surface area contributed by atoms with E-state index in [0.717, 1.165) is 24.9 Å². The molecule has 0 bridgehead atoms. The van der Waals surface area contributed by atoms with Crippen molar-refractivity contribution in [2.75, 3.05) is 20.3 Å². The van der Waals surface area contributed by atoms with Gasteiger partial charge in [-0.1, -0.05) is 23.2 Å². The molecule has 1 aliphatic heterocycles. The first kappa shape index (κ1) is 14.6. The van der Waals surface area contributed by atoms with Crippen LogP contribution in [0.1, 0.15) is 28.8 Å². The molecule has 1 unspecified atom stereocenters. The Balaban J connectivity index is 2.24. The van der Waals surface area contributed by atoms with Crippen LogP contribution in [0.15, 0.2) is 12.1 Å². The largest absolute Gasteiger partial charge is 0.383 e. The summed E-state index contributed by atoms with van der Waals surface area (Å²) in [6, 6.07) is 3.52. The van der Waals surface area contributed by atoms with Gasteiger partial charge in [-0.25, -0.2) is 0 Å². The maximum absolute atomic E-state index is 12.5. The van der Waals surface area contributed by atoms with Crippen molar-refractivity contribution in [1.82, 2.24) is 4.90 Å². The van der Waals surface area contributed by atoms with Gasteiger partial charge in [0.1, 0.15) is 0 Å². The first-order valence-electron chi connectivity index (χ1n) is 6.30. The summed E-state index contributed by atoms with van der Waals surface area (Å²) >= 11 is 12.2. The molecule has 1 aliphatic rings. The summed E-state index contributed by atoms with van der Waals surface area (Å²) in [6.07, 6.45) is 1.99. The summed E-state index contributed by atoms with van der Waals surface area (Å²) in [6.45, 7) is 3.16. The van der Waals surface area contributed by atoms with Crippen LogP contribution in [0.3, 0.4) is 0 Å². The van der Waals surface area contributed by atoms with Crippen LogP contribution >= 0.6 is 23.2 Å². The molecule has 2 rings (SSSR count). The highest BCUT2D eigenvalue weighted by Crippen LogP contribution is 2.28. The predicted octanol–water partition coefficient (Wildman–Crippen LogP) is 3.55. The van der Waals surface area contributed by atoms with Crippen molar-refractivity contribution in [2.24, 2.45) is 0 Å². The minimum absolute atomic E-state index is 0.0247. The van der Waals surface area contributed by atoms with Crippen LogP contribution in [0.2, 0.25) is 10.0 Å². The topological polar surface area (TPSA) is 29.5 Å². The van der Waals surface area contributed by atoms with Gasteiger partial charge in [0.25, 0.3) is 5.91 Å². The summed E-state index contributed by atoms with van der Waals surface area (Å²) < 4.78 is 5.16. The summed E-state index contributed by atoms with van der Waals surface area (Å²) in [7, 11) is 1.65. The molecule has 1 amide bonds. The smallest absolute Gasteiger partial charge is 0.254 e. The third-order valence-corrected chi connectivity index (χ3v) is 4.31. The van der Waals surface area contributed by atoms with E-state index in [9.17, 15) is 4.79 Å². The third-order valence-electron chi connectivity index (χ3n) is 3.52. The zero-order valence-electron chi connectivity index (χ0n) is 11.1. The van der Waals surface area contributed by atoms with Crippen molar-refractivity contribution in [1.29, 1.82) is 0 Å². The molecule has 104 valence electrons. The van der Waals surface area contributed by atoms with Gasteiger partial charge in [-0.05, 0) is 37.5 Å². The number of rotatable bonds is 3. The number of amides is 1. The van der Waals surface area contributed by atoms with Crippen LogP contribution in [0.5, 0.6) is 0 Å². The SMILES string of the molecule is COCC1CCCN1C(=O)c1cc(Cl)c(C)c(Cl)c1. The molecule has 1 aromatic rings. The second kappa shape index (κ2) is 6.12. The fourth-order valence-electron chi connectivity index (χ4n) is 2.40. The molecule has 0 radical (unpaired) electrons. The molecule has 1 aromatic carbocycles. The highest BCUT2D eigenvalue weighted by Gasteiger charge is 2.29. The average Bonchev–Trinajstić information content (AvgIpc) is 2.83. The molecule has 19 heavy (non-hydrogen) atoms. The minimum atomic E-state index is -0.0247. The monoisotopic (exact) mass is 301 g/mol. The zero-order chi connectivity index (χ0) is 14.0. The number of hydrogen-bond donors (Lipinski definition) is 0. The lowest BCUT2D eigenvalue weighted by Gasteiger charge is -2.24. The van der Waals surface area contributed by atoms with Gasteiger partial charge < -0.3 is 9.64 Å². The van der Waals surface area contributed by atoms with E-state index in [0.29, 0.717) is 22.2 Å². The molecule has 0 saturated carbocycles. The van der Waals surface area contributed by atoms with Crippen LogP contribution in [-0.4, -0.2) is 37.1 Å². The Labute approximate surface area is 123 Å². The summed E-state index contributed by atoms with van der Waals surface area (Å²) in [5.74, 6) is -0.0247. The second-order valence-electron chi connectivity index (χ2n) is 4.81.